The number of hydrogen-bond donors (Lipinski definition) is 1. The molecule has 0 aliphatic rings. The van der Waals surface area contributed by atoms with E-state index in [1.807, 2.05) is 0 Å². The molecule has 0 aliphatic heterocycles. The second-order valence-corrected chi connectivity index (χ2v) is 4.54. The summed E-state index contributed by atoms with van der Waals surface area (Å²) >= 11 is 0. The molecule has 1 N–H and O–H groups in total. The lowest BCUT2D eigenvalue weighted by atomic mass is 10.2. The molecule has 0 radical (unpaired) electrons. The van der Waals surface area contributed by atoms with Crippen LogP contribution in [-0.2, 0) is 6.54 Å². The number of anilines is 1. The number of likely N-dealkylation sites (N-methyl/N-ethyl adjacent to an activating group) is 1. The van der Waals surface area contributed by atoms with E-state index in [1.54, 1.807) is 0 Å². The second-order valence-electron chi connectivity index (χ2n) is 4.54. The molecule has 3 heteroatoms. The average Bonchev–Trinajstić information content (AvgIpc) is 2.25. The molecule has 0 fully saturated rings. The molecule has 3 nitrogen and oxygen atoms in total. The first-order valence-electron chi connectivity index (χ1n) is 5.71. The lowest BCUT2D eigenvalue weighted by molar-refractivity contribution is 0.400. The molecule has 0 saturated heterocycles. The van der Waals surface area contributed by atoms with Gasteiger partial charge in [0.15, 0.2) is 0 Å². The van der Waals surface area contributed by atoms with Crippen molar-refractivity contribution in [3.63, 3.8) is 0 Å². The quantitative estimate of drug-likeness (QED) is 0.733. The Balaban J connectivity index is 2.32. The lowest BCUT2D eigenvalue weighted by Crippen LogP contribution is -2.26. The van der Waals surface area contributed by atoms with Crippen LogP contribution < -0.4 is 10.2 Å². The molecule has 0 saturated carbocycles. The van der Waals surface area contributed by atoms with Crippen molar-refractivity contribution in [2.45, 2.75) is 6.54 Å². The van der Waals surface area contributed by atoms with Crippen molar-refractivity contribution in [2.75, 3.05) is 46.2 Å². The summed E-state index contributed by atoms with van der Waals surface area (Å²) in [6.07, 6.45) is 0. The first-order valence-corrected chi connectivity index (χ1v) is 5.71. The van der Waals surface area contributed by atoms with Crippen molar-refractivity contribution in [2.24, 2.45) is 0 Å². The van der Waals surface area contributed by atoms with Gasteiger partial charge in [0.05, 0.1) is 0 Å². The van der Waals surface area contributed by atoms with Crippen molar-refractivity contribution >= 4 is 5.69 Å². The highest BCUT2D eigenvalue weighted by Gasteiger charge is 1.96. The molecule has 0 heterocycles. The molecule has 0 bridgehead atoms. The highest BCUT2D eigenvalue weighted by atomic mass is 15.1. The predicted octanol–water partition coefficient (Wildman–Crippen LogP) is 1.40. The van der Waals surface area contributed by atoms with Gasteiger partial charge in [-0.3, -0.25) is 0 Å². The van der Waals surface area contributed by atoms with Crippen LogP contribution in [-0.4, -0.2) is 46.2 Å². The Morgan fingerprint density at radius 2 is 1.62 bits per heavy atom. The fourth-order valence-electron chi connectivity index (χ4n) is 1.45. The van der Waals surface area contributed by atoms with E-state index < -0.39 is 0 Å². The number of rotatable bonds is 6. The molecular weight excluding hydrogens is 198 g/mol. The van der Waals surface area contributed by atoms with Gasteiger partial charge in [0, 0.05) is 39.4 Å². The highest BCUT2D eigenvalue weighted by Crippen LogP contribution is 2.11. The van der Waals surface area contributed by atoms with Crippen LogP contribution in [0.15, 0.2) is 24.3 Å². The van der Waals surface area contributed by atoms with Crippen molar-refractivity contribution in [3.05, 3.63) is 29.8 Å². The van der Waals surface area contributed by atoms with E-state index in [9.17, 15) is 0 Å². The van der Waals surface area contributed by atoms with Crippen molar-refractivity contribution in [1.29, 1.82) is 0 Å². The van der Waals surface area contributed by atoms with Crippen LogP contribution in [0.4, 0.5) is 5.69 Å². The summed E-state index contributed by atoms with van der Waals surface area (Å²) in [4.78, 5) is 4.30. The van der Waals surface area contributed by atoms with Crippen LogP contribution in [0.1, 0.15) is 5.56 Å². The molecule has 90 valence electrons. The molecule has 0 aromatic heterocycles. The topological polar surface area (TPSA) is 18.5 Å². The summed E-state index contributed by atoms with van der Waals surface area (Å²) in [5.41, 5.74) is 2.58. The molecule has 0 amide bonds. The van der Waals surface area contributed by atoms with Gasteiger partial charge in [-0.1, -0.05) is 12.1 Å². The number of hydrogen-bond acceptors (Lipinski definition) is 3. The van der Waals surface area contributed by atoms with Crippen molar-refractivity contribution in [1.82, 2.24) is 10.2 Å². The second kappa shape index (κ2) is 6.51. The number of nitrogens with one attached hydrogen (secondary N) is 1. The Morgan fingerprint density at radius 3 is 2.12 bits per heavy atom. The third-order valence-corrected chi connectivity index (χ3v) is 2.52. The van der Waals surface area contributed by atoms with E-state index in [1.165, 1.54) is 11.3 Å². The fraction of sp³-hybridized carbons (Fsp3) is 0.538. The molecule has 16 heavy (non-hydrogen) atoms. The Hall–Kier alpha value is -1.06. The van der Waals surface area contributed by atoms with Gasteiger partial charge in [-0.05, 0) is 31.8 Å². The average molecular weight is 221 g/mol. The van der Waals surface area contributed by atoms with Crippen LogP contribution >= 0.6 is 0 Å². The van der Waals surface area contributed by atoms with Crippen LogP contribution in [0.3, 0.4) is 0 Å². The van der Waals surface area contributed by atoms with E-state index in [-0.39, 0.29) is 0 Å². The van der Waals surface area contributed by atoms with Gasteiger partial charge < -0.3 is 15.1 Å². The third-order valence-electron chi connectivity index (χ3n) is 2.52. The van der Waals surface area contributed by atoms with E-state index in [4.69, 9.17) is 0 Å². The van der Waals surface area contributed by atoms with Gasteiger partial charge >= 0.3 is 0 Å². The largest absolute Gasteiger partial charge is 0.378 e. The molecule has 0 spiro atoms. The standard InChI is InChI=1S/C13H23N3/c1-15(2)10-9-14-11-12-5-7-13(8-6-12)16(3)4/h5-8,14H,9-11H2,1-4H3. The van der Waals surface area contributed by atoms with Gasteiger partial charge in [0.2, 0.25) is 0 Å². The Morgan fingerprint density at radius 1 is 1.00 bits per heavy atom. The number of nitrogens with zero attached hydrogens (tertiary/aromatic N) is 2. The Bertz CT molecular complexity index is 291. The van der Waals surface area contributed by atoms with Gasteiger partial charge in [-0.15, -0.1) is 0 Å². The summed E-state index contributed by atoms with van der Waals surface area (Å²) < 4.78 is 0. The zero-order valence-corrected chi connectivity index (χ0v) is 10.8. The van der Waals surface area contributed by atoms with E-state index in [0.29, 0.717) is 0 Å². The molecule has 1 rings (SSSR count). The van der Waals surface area contributed by atoms with Crippen molar-refractivity contribution in [3.8, 4) is 0 Å². The first-order chi connectivity index (χ1) is 7.59. The summed E-state index contributed by atoms with van der Waals surface area (Å²) in [6, 6.07) is 8.67. The molecule has 0 atom stereocenters. The van der Waals surface area contributed by atoms with Gasteiger partial charge in [-0.25, -0.2) is 0 Å². The first kappa shape index (κ1) is 13.0. The summed E-state index contributed by atoms with van der Waals surface area (Å²) in [7, 11) is 8.30. The molecular formula is C13H23N3. The van der Waals surface area contributed by atoms with E-state index in [0.717, 1.165) is 19.6 Å². The van der Waals surface area contributed by atoms with Crippen LogP contribution in [0.25, 0.3) is 0 Å². The lowest BCUT2D eigenvalue weighted by Gasteiger charge is -2.13. The van der Waals surface area contributed by atoms with E-state index in [2.05, 4.69) is 67.6 Å². The zero-order valence-electron chi connectivity index (χ0n) is 10.8. The summed E-state index contributed by atoms with van der Waals surface area (Å²) in [5.74, 6) is 0. The maximum absolute atomic E-state index is 3.43. The van der Waals surface area contributed by atoms with Crippen LogP contribution in [0, 0.1) is 0 Å². The van der Waals surface area contributed by atoms with Crippen LogP contribution in [0.2, 0.25) is 0 Å². The Kier molecular flexibility index (Phi) is 5.29. The third kappa shape index (κ3) is 4.64. The summed E-state index contributed by atoms with van der Waals surface area (Å²) in [6.45, 7) is 3.06. The van der Waals surface area contributed by atoms with E-state index >= 15 is 0 Å². The predicted molar refractivity (Wildman–Crippen MR) is 71.0 cm³/mol. The zero-order chi connectivity index (χ0) is 12.0. The maximum Gasteiger partial charge on any atom is 0.0361 e. The number of benzene rings is 1. The summed E-state index contributed by atoms with van der Waals surface area (Å²) in [5, 5.41) is 3.43. The van der Waals surface area contributed by atoms with Crippen molar-refractivity contribution < 1.29 is 0 Å². The fourth-order valence-corrected chi connectivity index (χ4v) is 1.45. The Labute approximate surface area is 99.1 Å². The SMILES string of the molecule is CN(C)CCNCc1ccc(N(C)C)cc1. The van der Waals surface area contributed by atoms with Gasteiger partial charge in [-0.2, -0.15) is 0 Å². The van der Waals surface area contributed by atoms with Gasteiger partial charge in [0.1, 0.15) is 0 Å². The molecule has 1 aromatic rings. The minimum atomic E-state index is 0.946. The minimum Gasteiger partial charge on any atom is -0.378 e. The molecule has 0 aliphatic carbocycles. The smallest absolute Gasteiger partial charge is 0.0361 e. The normalized spacial score (nSPS) is 10.8. The molecule has 1 aromatic carbocycles. The van der Waals surface area contributed by atoms with Gasteiger partial charge in [0.25, 0.3) is 0 Å². The maximum atomic E-state index is 3.43. The minimum absolute atomic E-state index is 0.946. The monoisotopic (exact) mass is 221 g/mol. The van der Waals surface area contributed by atoms with Crippen LogP contribution in [0.5, 0.6) is 0 Å². The molecule has 0 unspecified atom stereocenters. The highest BCUT2D eigenvalue weighted by molar-refractivity contribution is 5.45.